The highest BCUT2D eigenvalue weighted by molar-refractivity contribution is 5.75. The number of carbonyl (C=O) groups excluding carboxylic acids is 1. The molecule has 4 nitrogen and oxygen atoms in total. The molecule has 82 valence electrons. The van der Waals surface area contributed by atoms with Crippen molar-refractivity contribution >= 4 is 5.91 Å². The van der Waals surface area contributed by atoms with Crippen LogP contribution in [0.25, 0.3) is 0 Å². The van der Waals surface area contributed by atoms with E-state index < -0.39 is 0 Å². The summed E-state index contributed by atoms with van der Waals surface area (Å²) in [6.45, 7) is 2.38. The lowest BCUT2D eigenvalue weighted by atomic mass is 10.2. The van der Waals surface area contributed by atoms with Crippen LogP contribution in [-0.2, 0) is 11.3 Å². The van der Waals surface area contributed by atoms with Crippen LogP contribution >= 0.6 is 0 Å². The van der Waals surface area contributed by atoms with Gasteiger partial charge in [-0.25, -0.2) is 4.98 Å². The average molecular weight is 208 g/mol. The molecule has 1 aromatic heterocycles. The molecule has 0 aliphatic carbocycles. The first-order valence-electron chi connectivity index (χ1n) is 4.90. The van der Waals surface area contributed by atoms with E-state index in [0.29, 0.717) is 18.8 Å². The van der Waals surface area contributed by atoms with Gasteiger partial charge in [0.2, 0.25) is 11.8 Å². The molecule has 0 aliphatic rings. The fourth-order valence-electron chi connectivity index (χ4n) is 1.34. The normalized spacial score (nSPS) is 9.80. The van der Waals surface area contributed by atoms with Crippen LogP contribution in [0, 0.1) is 0 Å². The van der Waals surface area contributed by atoms with Gasteiger partial charge >= 0.3 is 0 Å². The fourth-order valence-corrected chi connectivity index (χ4v) is 1.34. The summed E-state index contributed by atoms with van der Waals surface area (Å²) in [7, 11) is 3.35. The Hall–Kier alpha value is -1.58. The van der Waals surface area contributed by atoms with Crippen molar-refractivity contribution < 1.29 is 9.53 Å². The van der Waals surface area contributed by atoms with Crippen LogP contribution in [0.2, 0.25) is 0 Å². The van der Waals surface area contributed by atoms with Gasteiger partial charge in [0.05, 0.1) is 13.7 Å². The summed E-state index contributed by atoms with van der Waals surface area (Å²) in [5, 5.41) is 0. The Morgan fingerprint density at radius 1 is 1.60 bits per heavy atom. The zero-order valence-electron chi connectivity index (χ0n) is 9.36. The Morgan fingerprint density at radius 3 is 2.93 bits per heavy atom. The quantitative estimate of drug-likeness (QED) is 0.752. The summed E-state index contributed by atoms with van der Waals surface area (Å²) in [5.74, 6) is 0.689. The molecular formula is C11H16N2O2. The van der Waals surface area contributed by atoms with Crippen molar-refractivity contribution in [2.75, 3.05) is 14.2 Å². The third-order valence-corrected chi connectivity index (χ3v) is 2.18. The van der Waals surface area contributed by atoms with Crippen molar-refractivity contribution in [3.63, 3.8) is 0 Å². The molecule has 0 aromatic carbocycles. The molecule has 4 heteroatoms. The van der Waals surface area contributed by atoms with E-state index >= 15 is 0 Å². The van der Waals surface area contributed by atoms with Gasteiger partial charge in [-0.05, 0) is 6.07 Å². The van der Waals surface area contributed by atoms with Crippen molar-refractivity contribution in [1.29, 1.82) is 0 Å². The maximum Gasteiger partial charge on any atom is 0.222 e. The molecule has 0 fully saturated rings. The highest BCUT2D eigenvalue weighted by Gasteiger charge is 2.10. The minimum absolute atomic E-state index is 0.112. The van der Waals surface area contributed by atoms with Crippen LogP contribution < -0.4 is 4.74 Å². The highest BCUT2D eigenvalue weighted by atomic mass is 16.5. The van der Waals surface area contributed by atoms with E-state index in [2.05, 4.69) is 4.98 Å². The van der Waals surface area contributed by atoms with Crippen molar-refractivity contribution in [3.8, 4) is 5.88 Å². The molecule has 15 heavy (non-hydrogen) atoms. The molecule has 1 amide bonds. The molecule has 0 atom stereocenters. The van der Waals surface area contributed by atoms with Gasteiger partial charge < -0.3 is 9.64 Å². The van der Waals surface area contributed by atoms with Crippen molar-refractivity contribution in [3.05, 3.63) is 23.9 Å². The van der Waals surface area contributed by atoms with Gasteiger partial charge in [0.25, 0.3) is 0 Å². The molecular weight excluding hydrogens is 192 g/mol. The zero-order valence-corrected chi connectivity index (χ0v) is 9.36. The van der Waals surface area contributed by atoms with Gasteiger partial charge in [-0.2, -0.15) is 0 Å². The van der Waals surface area contributed by atoms with Crippen molar-refractivity contribution in [2.45, 2.75) is 19.9 Å². The lowest BCUT2D eigenvalue weighted by Crippen LogP contribution is -2.25. The predicted molar refractivity (Wildman–Crippen MR) is 57.6 cm³/mol. The van der Waals surface area contributed by atoms with Gasteiger partial charge in [0, 0.05) is 25.2 Å². The summed E-state index contributed by atoms with van der Waals surface area (Å²) in [6, 6.07) is 3.74. The van der Waals surface area contributed by atoms with Crippen LogP contribution in [0.1, 0.15) is 18.9 Å². The third-order valence-electron chi connectivity index (χ3n) is 2.18. The lowest BCUT2D eigenvalue weighted by molar-refractivity contribution is -0.130. The molecule has 0 N–H and O–H groups in total. The summed E-state index contributed by atoms with van der Waals surface area (Å²) in [6.07, 6.45) is 2.18. The number of carbonyl (C=O) groups is 1. The Kier molecular flexibility index (Phi) is 4.09. The van der Waals surface area contributed by atoms with Gasteiger partial charge in [0.1, 0.15) is 0 Å². The Labute approximate surface area is 89.9 Å². The second kappa shape index (κ2) is 5.34. The third kappa shape index (κ3) is 2.94. The Bertz CT molecular complexity index is 339. The SMILES string of the molecule is CCC(=O)N(C)Cc1cccnc1OC. The van der Waals surface area contributed by atoms with E-state index in [-0.39, 0.29) is 5.91 Å². The number of hydrogen-bond acceptors (Lipinski definition) is 3. The van der Waals surface area contributed by atoms with E-state index in [0.717, 1.165) is 5.56 Å². The van der Waals surface area contributed by atoms with Gasteiger partial charge in [-0.1, -0.05) is 13.0 Å². The van der Waals surface area contributed by atoms with Gasteiger partial charge in [-0.3, -0.25) is 4.79 Å². The van der Waals surface area contributed by atoms with Crippen LogP contribution in [0.15, 0.2) is 18.3 Å². The summed E-state index contributed by atoms with van der Waals surface area (Å²) < 4.78 is 5.11. The summed E-state index contributed by atoms with van der Waals surface area (Å²) in [4.78, 5) is 17.1. The second-order valence-electron chi connectivity index (χ2n) is 3.28. The van der Waals surface area contributed by atoms with E-state index in [1.807, 2.05) is 19.1 Å². The van der Waals surface area contributed by atoms with Crippen molar-refractivity contribution in [1.82, 2.24) is 9.88 Å². The number of amides is 1. The van der Waals surface area contributed by atoms with Gasteiger partial charge in [-0.15, -0.1) is 0 Å². The average Bonchev–Trinajstić information content (AvgIpc) is 2.28. The van der Waals surface area contributed by atoms with Crippen LogP contribution in [-0.4, -0.2) is 29.9 Å². The Balaban J connectivity index is 2.75. The topological polar surface area (TPSA) is 42.4 Å². The summed E-state index contributed by atoms with van der Waals surface area (Å²) in [5.41, 5.74) is 0.921. The molecule has 1 aromatic rings. The van der Waals surface area contributed by atoms with E-state index in [9.17, 15) is 4.79 Å². The smallest absolute Gasteiger partial charge is 0.222 e. The molecule has 1 rings (SSSR count). The number of pyridine rings is 1. The highest BCUT2D eigenvalue weighted by Crippen LogP contribution is 2.15. The predicted octanol–water partition coefficient (Wildman–Crippen LogP) is 1.46. The molecule has 0 unspecified atom stereocenters. The lowest BCUT2D eigenvalue weighted by Gasteiger charge is -2.17. The fraction of sp³-hybridized carbons (Fsp3) is 0.455. The number of rotatable bonds is 4. The second-order valence-corrected chi connectivity index (χ2v) is 3.28. The zero-order chi connectivity index (χ0) is 11.3. The molecule has 0 radical (unpaired) electrons. The molecule has 0 bridgehead atoms. The molecule has 0 saturated heterocycles. The Morgan fingerprint density at radius 2 is 2.33 bits per heavy atom. The molecule has 0 saturated carbocycles. The first-order valence-corrected chi connectivity index (χ1v) is 4.90. The van der Waals surface area contributed by atoms with Crippen LogP contribution in [0.4, 0.5) is 0 Å². The number of ether oxygens (including phenoxy) is 1. The minimum Gasteiger partial charge on any atom is -0.481 e. The maximum absolute atomic E-state index is 11.4. The number of aromatic nitrogens is 1. The van der Waals surface area contributed by atoms with Crippen LogP contribution in [0.5, 0.6) is 5.88 Å². The minimum atomic E-state index is 0.112. The monoisotopic (exact) mass is 208 g/mol. The number of nitrogens with zero attached hydrogens (tertiary/aromatic N) is 2. The van der Waals surface area contributed by atoms with Crippen molar-refractivity contribution in [2.24, 2.45) is 0 Å². The standard InChI is InChI=1S/C11H16N2O2/c1-4-10(14)13(2)8-9-6-5-7-12-11(9)15-3/h5-7H,4,8H2,1-3H3. The number of hydrogen-bond donors (Lipinski definition) is 0. The van der Waals surface area contributed by atoms with E-state index in [1.165, 1.54) is 0 Å². The van der Waals surface area contributed by atoms with Crippen LogP contribution in [0.3, 0.4) is 0 Å². The first-order chi connectivity index (χ1) is 7.19. The van der Waals surface area contributed by atoms with Gasteiger partial charge in [0.15, 0.2) is 0 Å². The first kappa shape index (κ1) is 11.5. The number of methoxy groups -OCH3 is 1. The maximum atomic E-state index is 11.4. The molecule has 0 aliphatic heterocycles. The van der Waals surface area contributed by atoms with E-state index in [4.69, 9.17) is 4.74 Å². The molecule has 1 heterocycles. The van der Waals surface area contributed by atoms with E-state index in [1.54, 1.807) is 25.3 Å². The largest absolute Gasteiger partial charge is 0.481 e. The summed E-state index contributed by atoms with van der Waals surface area (Å²) >= 11 is 0. The molecule has 0 spiro atoms.